The average Bonchev–Trinajstić information content (AvgIpc) is 2.77. The van der Waals surface area contributed by atoms with E-state index in [-0.39, 0.29) is 6.04 Å². The van der Waals surface area contributed by atoms with Gasteiger partial charge in [0.1, 0.15) is 5.82 Å². The summed E-state index contributed by atoms with van der Waals surface area (Å²) >= 11 is 1.76. The Morgan fingerprint density at radius 2 is 1.90 bits per heavy atom. The summed E-state index contributed by atoms with van der Waals surface area (Å²) in [6.07, 6.45) is 1.86. The third kappa shape index (κ3) is 3.86. The zero-order valence-electron chi connectivity index (χ0n) is 13.7. The SMILES string of the molecule is Cc1nc([C@H](C)N(C)Cc2ccnc(C(C)C)n2)c(C)s1. The zero-order valence-corrected chi connectivity index (χ0v) is 14.5. The van der Waals surface area contributed by atoms with Crippen LogP contribution in [0.2, 0.25) is 0 Å². The fourth-order valence-electron chi connectivity index (χ4n) is 2.31. The van der Waals surface area contributed by atoms with E-state index in [9.17, 15) is 0 Å². The molecular weight excluding hydrogens is 280 g/mol. The highest BCUT2D eigenvalue weighted by molar-refractivity contribution is 7.11. The molecule has 0 saturated heterocycles. The van der Waals surface area contributed by atoms with Crippen molar-refractivity contribution in [1.29, 1.82) is 0 Å². The molecule has 0 aliphatic rings. The third-order valence-corrected chi connectivity index (χ3v) is 4.56. The second-order valence-corrected chi connectivity index (χ2v) is 7.23. The highest BCUT2D eigenvalue weighted by atomic mass is 32.1. The van der Waals surface area contributed by atoms with Crippen LogP contribution in [0.25, 0.3) is 0 Å². The van der Waals surface area contributed by atoms with Gasteiger partial charge in [0.15, 0.2) is 0 Å². The van der Waals surface area contributed by atoms with Gasteiger partial charge in [-0.3, -0.25) is 4.90 Å². The Labute approximate surface area is 131 Å². The van der Waals surface area contributed by atoms with Crippen LogP contribution >= 0.6 is 11.3 Å². The minimum Gasteiger partial charge on any atom is -0.292 e. The maximum atomic E-state index is 4.66. The second kappa shape index (κ2) is 6.62. The lowest BCUT2D eigenvalue weighted by atomic mass is 10.2. The van der Waals surface area contributed by atoms with Gasteiger partial charge in [-0.1, -0.05) is 13.8 Å². The molecule has 0 amide bonds. The van der Waals surface area contributed by atoms with E-state index in [2.05, 4.69) is 61.5 Å². The van der Waals surface area contributed by atoms with Crippen molar-refractivity contribution in [2.75, 3.05) is 7.05 Å². The van der Waals surface area contributed by atoms with Gasteiger partial charge in [-0.05, 0) is 33.9 Å². The fourth-order valence-corrected chi connectivity index (χ4v) is 3.22. The van der Waals surface area contributed by atoms with Gasteiger partial charge >= 0.3 is 0 Å². The number of nitrogens with zero attached hydrogens (tertiary/aromatic N) is 4. The van der Waals surface area contributed by atoms with Crippen molar-refractivity contribution in [3.05, 3.63) is 39.4 Å². The van der Waals surface area contributed by atoms with E-state index in [1.54, 1.807) is 11.3 Å². The van der Waals surface area contributed by atoms with Crippen LogP contribution in [0.5, 0.6) is 0 Å². The van der Waals surface area contributed by atoms with E-state index in [4.69, 9.17) is 0 Å². The van der Waals surface area contributed by atoms with E-state index in [1.165, 1.54) is 10.6 Å². The third-order valence-electron chi connectivity index (χ3n) is 3.66. The largest absolute Gasteiger partial charge is 0.292 e. The van der Waals surface area contributed by atoms with Crippen LogP contribution in [0, 0.1) is 13.8 Å². The Morgan fingerprint density at radius 1 is 1.19 bits per heavy atom. The van der Waals surface area contributed by atoms with Crippen molar-refractivity contribution in [3.63, 3.8) is 0 Å². The molecule has 5 heteroatoms. The molecule has 2 aromatic rings. The number of hydrogen-bond donors (Lipinski definition) is 0. The van der Waals surface area contributed by atoms with Crippen LogP contribution in [0.4, 0.5) is 0 Å². The summed E-state index contributed by atoms with van der Waals surface area (Å²) in [6.45, 7) is 11.4. The molecule has 2 heterocycles. The monoisotopic (exact) mass is 304 g/mol. The molecular formula is C16H24N4S. The second-order valence-electron chi connectivity index (χ2n) is 5.83. The van der Waals surface area contributed by atoms with Gasteiger partial charge in [0.05, 0.1) is 22.4 Å². The topological polar surface area (TPSA) is 41.9 Å². The lowest BCUT2D eigenvalue weighted by Gasteiger charge is -2.23. The Kier molecular flexibility index (Phi) is 5.06. The number of aromatic nitrogens is 3. The van der Waals surface area contributed by atoms with Crippen molar-refractivity contribution in [1.82, 2.24) is 19.9 Å². The normalized spacial score (nSPS) is 13.1. The van der Waals surface area contributed by atoms with Crippen molar-refractivity contribution >= 4 is 11.3 Å². The van der Waals surface area contributed by atoms with Crippen molar-refractivity contribution in [2.24, 2.45) is 0 Å². The first-order chi connectivity index (χ1) is 9.88. The first-order valence-electron chi connectivity index (χ1n) is 7.34. The zero-order chi connectivity index (χ0) is 15.6. The Morgan fingerprint density at radius 3 is 2.48 bits per heavy atom. The number of rotatable bonds is 5. The van der Waals surface area contributed by atoms with Crippen LogP contribution in [-0.2, 0) is 6.54 Å². The van der Waals surface area contributed by atoms with E-state index in [0.717, 1.165) is 23.1 Å². The number of hydrogen-bond acceptors (Lipinski definition) is 5. The van der Waals surface area contributed by atoms with Gasteiger partial charge in [0, 0.05) is 23.5 Å². The molecule has 0 fully saturated rings. The molecule has 0 N–H and O–H groups in total. The number of thiazole rings is 1. The van der Waals surface area contributed by atoms with Crippen molar-refractivity contribution < 1.29 is 0 Å². The van der Waals surface area contributed by atoms with E-state index in [1.807, 2.05) is 12.3 Å². The average molecular weight is 304 g/mol. The van der Waals surface area contributed by atoms with E-state index in [0.29, 0.717) is 5.92 Å². The minimum absolute atomic E-state index is 0.285. The molecule has 0 saturated carbocycles. The Balaban J connectivity index is 2.12. The van der Waals surface area contributed by atoms with Crippen molar-refractivity contribution in [2.45, 2.75) is 53.1 Å². The van der Waals surface area contributed by atoms with Gasteiger partial charge in [-0.15, -0.1) is 11.3 Å². The minimum atomic E-state index is 0.285. The predicted octanol–water partition coefficient (Wildman–Crippen LogP) is 3.87. The summed E-state index contributed by atoms with van der Waals surface area (Å²) in [4.78, 5) is 17.2. The quantitative estimate of drug-likeness (QED) is 0.841. The summed E-state index contributed by atoms with van der Waals surface area (Å²) in [5.74, 6) is 1.27. The van der Waals surface area contributed by atoms with Gasteiger partial charge in [0.2, 0.25) is 0 Å². The highest BCUT2D eigenvalue weighted by Crippen LogP contribution is 2.26. The molecule has 0 aliphatic heterocycles. The van der Waals surface area contributed by atoms with Gasteiger partial charge < -0.3 is 0 Å². The molecule has 0 aromatic carbocycles. The maximum Gasteiger partial charge on any atom is 0.131 e. The van der Waals surface area contributed by atoms with E-state index < -0.39 is 0 Å². The standard InChI is InChI=1S/C16H24N4S/c1-10(2)16-17-8-7-14(19-16)9-20(6)11(3)15-12(4)21-13(5)18-15/h7-8,10-11H,9H2,1-6H3/t11-/m0/s1. The molecule has 0 unspecified atom stereocenters. The van der Waals surface area contributed by atoms with Crippen LogP contribution in [-0.4, -0.2) is 26.9 Å². The summed E-state index contributed by atoms with van der Waals surface area (Å²) in [5, 5.41) is 1.13. The van der Waals surface area contributed by atoms with Gasteiger partial charge in [0.25, 0.3) is 0 Å². The molecule has 0 bridgehead atoms. The van der Waals surface area contributed by atoms with Crippen LogP contribution in [0.3, 0.4) is 0 Å². The van der Waals surface area contributed by atoms with Crippen molar-refractivity contribution in [3.8, 4) is 0 Å². The summed E-state index contributed by atoms with van der Waals surface area (Å²) in [6, 6.07) is 2.28. The lowest BCUT2D eigenvalue weighted by molar-refractivity contribution is 0.245. The summed E-state index contributed by atoms with van der Waals surface area (Å²) in [7, 11) is 2.12. The molecule has 114 valence electrons. The molecule has 2 aromatic heterocycles. The molecule has 4 nitrogen and oxygen atoms in total. The summed E-state index contributed by atoms with van der Waals surface area (Å²) < 4.78 is 0. The molecule has 21 heavy (non-hydrogen) atoms. The van der Waals surface area contributed by atoms with Gasteiger partial charge in [-0.2, -0.15) is 0 Å². The van der Waals surface area contributed by atoms with Gasteiger partial charge in [-0.25, -0.2) is 15.0 Å². The Bertz CT molecular complexity index is 606. The molecule has 0 spiro atoms. The Hall–Kier alpha value is -1.33. The number of aryl methyl sites for hydroxylation is 2. The van der Waals surface area contributed by atoms with Crippen LogP contribution < -0.4 is 0 Å². The highest BCUT2D eigenvalue weighted by Gasteiger charge is 2.18. The van der Waals surface area contributed by atoms with E-state index >= 15 is 0 Å². The van der Waals surface area contributed by atoms with Crippen LogP contribution in [0.15, 0.2) is 12.3 Å². The fraction of sp³-hybridized carbons (Fsp3) is 0.562. The lowest BCUT2D eigenvalue weighted by Crippen LogP contribution is -2.23. The predicted molar refractivity (Wildman–Crippen MR) is 87.6 cm³/mol. The first-order valence-corrected chi connectivity index (χ1v) is 8.16. The van der Waals surface area contributed by atoms with Crippen LogP contribution in [0.1, 0.15) is 59.8 Å². The molecule has 0 aliphatic carbocycles. The molecule has 0 radical (unpaired) electrons. The maximum absolute atomic E-state index is 4.66. The molecule has 1 atom stereocenters. The summed E-state index contributed by atoms with van der Waals surface area (Å²) in [5.41, 5.74) is 2.24. The first kappa shape index (κ1) is 16.0. The molecule has 2 rings (SSSR count). The smallest absolute Gasteiger partial charge is 0.131 e.